The number of nitrogens with one attached hydrogen (secondary N) is 1. The predicted octanol–water partition coefficient (Wildman–Crippen LogP) is -0.939. The first-order chi connectivity index (χ1) is 9.54. The van der Waals surface area contributed by atoms with E-state index in [1.807, 2.05) is 0 Å². The van der Waals surface area contributed by atoms with Crippen molar-refractivity contribution in [3.63, 3.8) is 0 Å². The summed E-state index contributed by atoms with van der Waals surface area (Å²) in [4.78, 5) is 25.8. The third-order valence-electron chi connectivity index (χ3n) is 4.04. The van der Waals surface area contributed by atoms with Gasteiger partial charge >= 0.3 is 0 Å². The summed E-state index contributed by atoms with van der Waals surface area (Å²) in [6, 6.07) is 0. The molecule has 1 aliphatic carbocycles. The van der Waals surface area contributed by atoms with Crippen LogP contribution in [0.5, 0.6) is 0 Å². The van der Waals surface area contributed by atoms with Gasteiger partial charge in [0.05, 0.1) is 5.92 Å². The topological polar surface area (TPSA) is 93.9 Å². The number of hydrogen-bond acceptors (Lipinski definition) is 5. The number of hydrogen-bond donors (Lipinski definition) is 2. The molecule has 0 aromatic carbocycles. The molecule has 0 aromatic rings. The molecule has 7 nitrogen and oxygen atoms in total. The molecule has 1 aliphatic heterocycles. The van der Waals surface area contributed by atoms with E-state index >= 15 is 0 Å². The quantitative estimate of drug-likeness (QED) is 0.589. The molecule has 3 N–H and O–H groups in total. The highest BCUT2D eigenvalue weighted by Gasteiger charge is 2.63. The van der Waals surface area contributed by atoms with Gasteiger partial charge in [-0.15, -0.1) is 0 Å². The van der Waals surface area contributed by atoms with Crippen LogP contribution in [0.25, 0.3) is 0 Å². The van der Waals surface area contributed by atoms with Gasteiger partial charge in [0.2, 0.25) is 11.8 Å². The zero-order chi connectivity index (χ0) is 14.8. The average Bonchev–Trinajstić information content (AvgIpc) is 3.08. The minimum absolute atomic E-state index is 0.147. The Labute approximate surface area is 118 Å². The van der Waals surface area contributed by atoms with Gasteiger partial charge in [-0.05, 0) is 12.8 Å². The van der Waals surface area contributed by atoms with Crippen LogP contribution in [-0.2, 0) is 19.1 Å². The second-order valence-corrected chi connectivity index (χ2v) is 5.41. The zero-order valence-electron chi connectivity index (χ0n) is 12.1. The highest BCUT2D eigenvalue weighted by molar-refractivity contribution is 5.99. The molecular weight excluding hydrogens is 262 g/mol. The van der Waals surface area contributed by atoms with Gasteiger partial charge in [-0.25, -0.2) is 0 Å². The normalized spacial score (nSPS) is 31.6. The molecule has 2 fully saturated rings. The van der Waals surface area contributed by atoms with Crippen molar-refractivity contribution < 1.29 is 19.1 Å². The molecule has 3 unspecified atom stereocenters. The fourth-order valence-corrected chi connectivity index (χ4v) is 2.50. The van der Waals surface area contributed by atoms with Gasteiger partial charge in [-0.2, -0.15) is 0 Å². The van der Waals surface area contributed by atoms with Crippen molar-refractivity contribution in [3.8, 4) is 0 Å². The molecule has 114 valence electrons. The summed E-state index contributed by atoms with van der Waals surface area (Å²) < 4.78 is 10.1. The number of rotatable bonds is 7. The van der Waals surface area contributed by atoms with Crippen LogP contribution in [-0.4, -0.2) is 62.4 Å². The Kier molecular flexibility index (Phi) is 4.62. The Morgan fingerprint density at radius 3 is 2.75 bits per heavy atom. The third-order valence-corrected chi connectivity index (χ3v) is 4.04. The van der Waals surface area contributed by atoms with Crippen molar-refractivity contribution >= 4 is 11.8 Å². The fourth-order valence-electron chi connectivity index (χ4n) is 2.50. The van der Waals surface area contributed by atoms with E-state index in [-0.39, 0.29) is 18.0 Å². The highest BCUT2D eigenvalue weighted by Crippen LogP contribution is 2.44. The average molecular weight is 285 g/mol. The zero-order valence-corrected chi connectivity index (χ0v) is 12.1. The van der Waals surface area contributed by atoms with E-state index in [1.165, 1.54) is 0 Å². The van der Waals surface area contributed by atoms with Crippen LogP contribution < -0.4 is 11.1 Å². The molecule has 0 bridgehead atoms. The monoisotopic (exact) mass is 285 g/mol. The molecule has 7 heteroatoms. The molecule has 3 atom stereocenters. The summed E-state index contributed by atoms with van der Waals surface area (Å²) in [6.07, 6.45) is 1.80. The Balaban J connectivity index is 1.79. The third kappa shape index (κ3) is 2.79. The van der Waals surface area contributed by atoms with E-state index in [0.717, 1.165) is 12.8 Å². The molecule has 1 heterocycles. The van der Waals surface area contributed by atoms with Crippen molar-refractivity contribution in [1.29, 1.82) is 0 Å². The van der Waals surface area contributed by atoms with E-state index in [4.69, 9.17) is 15.2 Å². The van der Waals surface area contributed by atoms with Gasteiger partial charge in [-0.1, -0.05) is 0 Å². The lowest BCUT2D eigenvalue weighted by atomic mass is 10.1. The lowest BCUT2D eigenvalue weighted by Gasteiger charge is -2.41. The number of likely N-dealkylation sites (tertiary alicyclic amines) is 1. The van der Waals surface area contributed by atoms with Crippen molar-refractivity contribution in [3.05, 3.63) is 0 Å². The maximum Gasteiger partial charge on any atom is 0.245 e. The SMILES string of the molecule is COCCCNC(=O)C1CC1(N)C(=O)N1CCC1OC. The van der Waals surface area contributed by atoms with Crippen LogP contribution in [0.2, 0.25) is 0 Å². The molecule has 1 saturated heterocycles. The molecule has 0 spiro atoms. The maximum absolute atomic E-state index is 12.3. The van der Waals surface area contributed by atoms with Crippen LogP contribution in [0.3, 0.4) is 0 Å². The van der Waals surface area contributed by atoms with E-state index in [1.54, 1.807) is 19.1 Å². The molecule has 2 rings (SSSR count). The summed E-state index contributed by atoms with van der Waals surface area (Å²) in [5.41, 5.74) is 5.02. The Morgan fingerprint density at radius 1 is 1.45 bits per heavy atom. The first-order valence-electron chi connectivity index (χ1n) is 6.94. The first kappa shape index (κ1) is 15.2. The predicted molar refractivity (Wildman–Crippen MR) is 71.7 cm³/mol. The van der Waals surface area contributed by atoms with Gasteiger partial charge in [0.1, 0.15) is 11.8 Å². The summed E-state index contributed by atoms with van der Waals surface area (Å²) in [5, 5.41) is 2.79. The van der Waals surface area contributed by atoms with Gasteiger partial charge < -0.3 is 25.4 Å². The fraction of sp³-hybridized carbons (Fsp3) is 0.846. The number of methoxy groups -OCH3 is 2. The number of amides is 2. The minimum atomic E-state index is -1.04. The summed E-state index contributed by atoms with van der Waals surface area (Å²) >= 11 is 0. The van der Waals surface area contributed by atoms with Crippen LogP contribution >= 0.6 is 0 Å². The Bertz CT molecular complexity index is 388. The standard InChI is InChI=1S/C13H23N3O4/c1-19-7-3-5-15-11(17)9-8-13(9,14)12(18)16-6-4-10(16)20-2/h9-10H,3-8,14H2,1-2H3,(H,15,17). The number of nitrogens with zero attached hydrogens (tertiary/aromatic N) is 1. The number of carbonyl (C=O) groups excluding carboxylic acids is 2. The van der Waals surface area contributed by atoms with E-state index < -0.39 is 11.5 Å². The lowest BCUT2D eigenvalue weighted by molar-refractivity contribution is -0.162. The van der Waals surface area contributed by atoms with Gasteiger partial charge in [0, 0.05) is 40.3 Å². The summed E-state index contributed by atoms with van der Waals surface area (Å²) in [6.45, 7) is 1.79. The van der Waals surface area contributed by atoms with Crippen LogP contribution in [0.15, 0.2) is 0 Å². The smallest absolute Gasteiger partial charge is 0.245 e. The van der Waals surface area contributed by atoms with E-state index in [9.17, 15) is 9.59 Å². The Hall–Kier alpha value is -1.18. The molecule has 0 aromatic heterocycles. The second-order valence-electron chi connectivity index (χ2n) is 5.41. The second kappa shape index (κ2) is 6.07. The highest BCUT2D eigenvalue weighted by atomic mass is 16.5. The van der Waals surface area contributed by atoms with Gasteiger partial charge in [0.15, 0.2) is 0 Å². The Morgan fingerprint density at radius 2 is 2.20 bits per heavy atom. The number of nitrogens with two attached hydrogens (primary N) is 1. The van der Waals surface area contributed by atoms with Crippen molar-refractivity contribution in [2.24, 2.45) is 11.7 Å². The van der Waals surface area contributed by atoms with Gasteiger partial charge in [0.25, 0.3) is 0 Å². The minimum Gasteiger partial charge on any atom is -0.385 e. The van der Waals surface area contributed by atoms with Crippen molar-refractivity contribution in [2.45, 2.75) is 31.0 Å². The van der Waals surface area contributed by atoms with Crippen LogP contribution in [0, 0.1) is 5.92 Å². The first-order valence-corrected chi connectivity index (χ1v) is 6.94. The van der Waals surface area contributed by atoms with Crippen LogP contribution in [0.1, 0.15) is 19.3 Å². The van der Waals surface area contributed by atoms with E-state index in [2.05, 4.69) is 5.32 Å². The number of carbonyl (C=O) groups is 2. The summed E-state index contributed by atoms with van der Waals surface area (Å²) in [5.74, 6) is -0.741. The number of ether oxygens (including phenoxy) is 2. The van der Waals surface area contributed by atoms with Crippen LogP contribution in [0.4, 0.5) is 0 Å². The molecule has 2 amide bonds. The molecule has 20 heavy (non-hydrogen) atoms. The van der Waals surface area contributed by atoms with E-state index in [0.29, 0.717) is 26.1 Å². The van der Waals surface area contributed by atoms with Crippen molar-refractivity contribution in [2.75, 3.05) is 33.9 Å². The largest absolute Gasteiger partial charge is 0.385 e. The molecule has 2 aliphatic rings. The maximum atomic E-state index is 12.3. The summed E-state index contributed by atoms with van der Waals surface area (Å²) in [7, 11) is 3.19. The lowest BCUT2D eigenvalue weighted by Crippen LogP contribution is -2.59. The molecular formula is C13H23N3O4. The van der Waals surface area contributed by atoms with Gasteiger partial charge in [-0.3, -0.25) is 9.59 Å². The molecule has 1 saturated carbocycles. The van der Waals surface area contributed by atoms with Crippen molar-refractivity contribution in [1.82, 2.24) is 10.2 Å². The molecule has 0 radical (unpaired) electrons.